The maximum Gasteiger partial charge on any atom is 0.509 e. The normalized spacial score (nSPS) is 38.9. The van der Waals surface area contributed by atoms with Gasteiger partial charge in [-0.2, -0.15) is 0 Å². The number of ether oxygens (including phenoxy) is 3. The summed E-state index contributed by atoms with van der Waals surface area (Å²) in [6, 6.07) is 0. The van der Waals surface area contributed by atoms with Crippen LogP contribution in [-0.2, 0) is 33.4 Å². The van der Waals surface area contributed by atoms with Crippen LogP contribution >= 0.6 is 0 Å². The molecule has 5 aliphatic rings. The summed E-state index contributed by atoms with van der Waals surface area (Å²) < 4.78 is 16.2. The highest BCUT2D eigenvalue weighted by atomic mass is 16.7. The average Bonchev–Trinajstić information content (AvgIpc) is 3.63. The van der Waals surface area contributed by atoms with Crippen molar-refractivity contribution in [1.82, 2.24) is 0 Å². The molecule has 0 radical (unpaired) electrons. The Hall–Kier alpha value is -2.77. The molecular weight excluding hydrogens is 464 g/mol. The third-order valence-electron chi connectivity index (χ3n) is 9.60. The number of esters is 1. The number of Topliss-reactive ketones (excluding diaryl/α,β-unsaturated/α-hetero) is 2. The molecule has 8 nitrogen and oxygen atoms in total. The lowest BCUT2D eigenvalue weighted by Gasteiger charge is -2.57. The van der Waals surface area contributed by atoms with E-state index in [1.165, 1.54) is 0 Å². The van der Waals surface area contributed by atoms with Gasteiger partial charge >= 0.3 is 12.1 Å². The summed E-state index contributed by atoms with van der Waals surface area (Å²) in [4.78, 5) is 64.4. The Labute approximate surface area is 210 Å². The molecule has 0 spiro atoms. The van der Waals surface area contributed by atoms with E-state index in [1.54, 1.807) is 19.1 Å². The van der Waals surface area contributed by atoms with Gasteiger partial charge in [0.2, 0.25) is 5.78 Å². The molecule has 4 fully saturated rings. The van der Waals surface area contributed by atoms with Crippen LogP contribution in [0.25, 0.3) is 0 Å². The van der Waals surface area contributed by atoms with Gasteiger partial charge in [0.05, 0.1) is 12.5 Å². The van der Waals surface area contributed by atoms with E-state index in [0.29, 0.717) is 12.8 Å². The molecule has 0 unspecified atom stereocenters. The zero-order valence-electron chi connectivity index (χ0n) is 21.2. The lowest BCUT2D eigenvalue weighted by molar-refractivity contribution is -0.176. The third-order valence-corrected chi connectivity index (χ3v) is 9.60. The molecule has 0 aromatic carbocycles. The molecule has 194 valence electrons. The molecule has 0 aromatic heterocycles. The minimum atomic E-state index is -1.61. The Morgan fingerprint density at radius 3 is 2.50 bits per heavy atom. The fourth-order valence-electron chi connectivity index (χ4n) is 7.68. The summed E-state index contributed by atoms with van der Waals surface area (Å²) in [7, 11) is 0. The quantitative estimate of drug-likeness (QED) is 0.507. The summed E-state index contributed by atoms with van der Waals surface area (Å²) in [5.74, 6) is -1.49. The largest absolute Gasteiger partial charge is 0.509 e. The summed E-state index contributed by atoms with van der Waals surface area (Å²) >= 11 is 0. The highest BCUT2D eigenvalue weighted by Gasteiger charge is 2.70. The zero-order chi connectivity index (χ0) is 25.9. The topological polar surface area (TPSA) is 113 Å². The van der Waals surface area contributed by atoms with Crippen molar-refractivity contribution in [1.29, 1.82) is 0 Å². The molecular formula is C28H34O8. The van der Waals surface area contributed by atoms with Crippen molar-refractivity contribution in [2.75, 3.05) is 13.2 Å². The molecule has 0 aliphatic heterocycles. The lowest BCUT2D eigenvalue weighted by atomic mass is 9.46. The van der Waals surface area contributed by atoms with Gasteiger partial charge in [-0.25, -0.2) is 4.79 Å². The van der Waals surface area contributed by atoms with Crippen LogP contribution in [-0.4, -0.2) is 48.3 Å². The predicted octanol–water partition coefficient (Wildman–Crippen LogP) is 3.91. The molecule has 4 saturated carbocycles. The second-order valence-corrected chi connectivity index (χ2v) is 11.5. The molecule has 36 heavy (non-hydrogen) atoms. The summed E-state index contributed by atoms with van der Waals surface area (Å²) in [5, 5.41) is 0. The minimum Gasteiger partial charge on any atom is -0.457 e. The maximum atomic E-state index is 13.9. The van der Waals surface area contributed by atoms with Crippen LogP contribution in [0, 0.1) is 34.5 Å². The first kappa shape index (κ1) is 24.9. The zero-order valence-corrected chi connectivity index (χ0v) is 21.2. The van der Waals surface area contributed by atoms with E-state index >= 15 is 0 Å². The monoisotopic (exact) mass is 498 g/mol. The van der Waals surface area contributed by atoms with Gasteiger partial charge in [-0.3, -0.25) is 19.2 Å². The van der Waals surface area contributed by atoms with E-state index in [9.17, 15) is 24.0 Å². The number of hydrogen-bond donors (Lipinski definition) is 0. The first-order valence-corrected chi connectivity index (χ1v) is 13.1. The van der Waals surface area contributed by atoms with Crippen LogP contribution in [0.2, 0.25) is 0 Å². The standard InChI is InChI=1S/C28H34O8/c1-4-34-25(33)36-28(22(31)15-35-24(32)16-5-6-16)12-10-20-19-8-7-17-13-18(29)9-11-26(17,2)23(19)21(30)14-27(20,28)3/h9,11,13,16,19-20,23H,4-8,10,12,14-15H2,1-3H3/t19-,20-,23+,26-,27-,28-/m0/s1. The number of rotatable bonds is 6. The summed E-state index contributed by atoms with van der Waals surface area (Å²) in [5.41, 5.74) is -2.11. The van der Waals surface area contributed by atoms with E-state index in [0.717, 1.165) is 24.8 Å². The minimum absolute atomic E-state index is 0.00681. The van der Waals surface area contributed by atoms with Crippen LogP contribution in [0.15, 0.2) is 23.8 Å². The number of carbonyl (C=O) groups is 5. The number of allylic oxidation sites excluding steroid dienone is 4. The van der Waals surface area contributed by atoms with E-state index in [1.807, 2.05) is 19.9 Å². The Morgan fingerprint density at radius 2 is 1.81 bits per heavy atom. The molecule has 6 atom stereocenters. The van der Waals surface area contributed by atoms with E-state index in [-0.39, 0.29) is 54.7 Å². The Bertz CT molecular complexity index is 1080. The third kappa shape index (κ3) is 3.67. The van der Waals surface area contributed by atoms with Crippen molar-refractivity contribution in [3.8, 4) is 0 Å². The second-order valence-electron chi connectivity index (χ2n) is 11.5. The fourth-order valence-corrected chi connectivity index (χ4v) is 7.68. The maximum absolute atomic E-state index is 13.9. The van der Waals surface area contributed by atoms with Crippen LogP contribution in [0.1, 0.15) is 65.7 Å². The highest BCUT2D eigenvalue weighted by molar-refractivity contribution is 6.02. The average molecular weight is 499 g/mol. The van der Waals surface area contributed by atoms with Crippen molar-refractivity contribution in [3.05, 3.63) is 23.8 Å². The van der Waals surface area contributed by atoms with Gasteiger partial charge in [-0.15, -0.1) is 0 Å². The number of carbonyl (C=O) groups excluding carboxylic acids is 5. The van der Waals surface area contributed by atoms with Crippen molar-refractivity contribution in [2.45, 2.75) is 71.3 Å². The van der Waals surface area contributed by atoms with Crippen LogP contribution < -0.4 is 0 Å². The molecule has 0 heterocycles. The Balaban J connectivity index is 1.48. The van der Waals surface area contributed by atoms with Gasteiger partial charge in [-0.1, -0.05) is 25.5 Å². The molecule has 5 rings (SSSR count). The number of ketones is 3. The molecule has 0 saturated heterocycles. The summed E-state index contributed by atoms with van der Waals surface area (Å²) in [6.07, 6.45) is 7.98. The van der Waals surface area contributed by atoms with Crippen molar-refractivity contribution in [2.24, 2.45) is 34.5 Å². The highest BCUT2D eigenvalue weighted by Crippen LogP contribution is 2.67. The summed E-state index contributed by atoms with van der Waals surface area (Å²) in [6.45, 7) is 5.14. The molecule has 0 amide bonds. The van der Waals surface area contributed by atoms with Crippen molar-refractivity contribution < 1.29 is 38.2 Å². The molecule has 5 aliphatic carbocycles. The number of hydrogen-bond acceptors (Lipinski definition) is 8. The molecule has 0 bridgehead atoms. The first-order chi connectivity index (χ1) is 17.1. The van der Waals surface area contributed by atoms with E-state index < -0.39 is 40.9 Å². The van der Waals surface area contributed by atoms with Gasteiger partial charge in [-0.05, 0) is 69.4 Å². The number of fused-ring (bicyclic) bond motifs is 5. The predicted molar refractivity (Wildman–Crippen MR) is 127 cm³/mol. The van der Waals surface area contributed by atoms with Gasteiger partial charge in [0.1, 0.15) is 5.78 Å². The van der Waals surface area contributed by atoms with Gasteiger partial charge in [0.15, 0.2) is 18.0 Å². The van der Waals surface area contributed by atoms with E-state index in [4.69, 9.17) is 14.2 Å². The van der Waals surface area contributed by atoms with Gasteiger partial charge in [0, 0.05) is 23.2 Å². The lowest BCUT2D eigenvalue weighted by Crippen LogP contribution is -2.62. The van der Waals surface area contributed by atoms with Crippen molar-refractivity contribution in [3.63, 3.8) is 0 Å². The van der Waals surface area contributed by atoms with Gasteiger partial charge < -0.3 is 14.2 Å². The molecule has 0 N–H and O–H groups in total. The smallest absolute Gasteiger partial charge is 0.457 e. The Kier molecular flexibility index (Phi) is 5.99. The SMILES string of the molecule is CCOC(=O)O[C@]1(C(=O)COC(=O)C2CC2)CC[C@H]2[C@@H]3CCC4=CC(=O)C=C[C@]4(C)[C@H]3C(=O)C[C@@]21C. The Morgan fingerprint density at radius 1 is 1.06 bits per heavy atom. The van der Waals surface area contributed by atoms with Crippen molar-refractivity contribution >= 4 is 29.5 Å². The van der Waals surface area contributed by atoms with E-state index in [2.05, 4.69) is 0 Å². The second kappa shape index (κ2) is 8.67. The van der Waals surface area contributed by atoms with Crippen LogP contribution in [0.5, 0.6) is 0 Å². The van der Waals surface area contributed by atoms with Gasteiger partial charge in [0.25, 0.3) is 0 Å². The van der Waals surface area contributed by atoms with Crippen LogP contribution in [0.4, 0.5) is 4.79 Å². The first-order valence-electron chi connectivity index (χ1n) is 13.1. The molecule has 0 aromatic rings. The fraction of sp³-hybridized carbons (Fsp3) is 0.679. The molecule has 8 heteroatoms. The van der Waals surface area contributed by atoms with Crippen LogP contribution in [0.3, 0.4) is 0 Å².